The molecule has 0 saturated carbocycles. The second-order valence-corrected chi connectivity index (χ2v) is 9.92. The molecule has 2 aliphatic heterocycles. The maximum atomic E-state index is 13.9. The third-order valence-corrected chi connectivity index (χ3v) is 7.62. The van der Waals surface area contributed by atoms with Crippen molar-refractivity contribution in [2.45, 2.75) is 11.7 Å². The molecular formula is C26H14Cl3NO5. The summed E-state index contributed by atoms with van der Waals surface area (Å²) in [6, 6.07) is 17.3. The molecule has 1 aliphatic carbocycles. The first kappa shape index (κ1) is 22.4. The predicted molar refractivity (Wildman–Crippen MR) is 129 cm³/mol. The number of ether oxygens (including phenoxy) is 1. The van der Waals surface area contributed by atoms with E-state index < -0.39 is 46.9 Å². The van der Waals surface area contributed by atoms with Gasteiger partial charge < -0.3 is 4.74 Å². The van der Waals surface area contributed by atoms with Crippen LogP contribution >= 0.6 is 34.8 Å². The van der Waals surface area contributed by atoms with Crippen molar-refractivity contribution in [3.05, 3.63) is 98.5 Å². The van der Waals surface area contributed by atoms with Gasteiger partial charge >= 0.3 is 0 Å². The van der Waals surface area contributed by atoms with Gasteiger partial charge in [0, 0.05) is 21.2 Å². The molecule has 2 saturated heterocycles. The van der Waals surface area contributed by atoms with Crippen molar-refractivity contribution in [1.82, 2.24) is 0 Å². The van der Waals surface area contributed by atoms with E-state index in [2.05, 4.69) is 0 Å². The predicted octanol–water partition coefficient (Wildman–Crippen LogP) is 5.34. The molecule has 3 aliphatic rings. The van der Waals surface area contributed by atoms with Crippen molar-refractivity contribution < 1.29 is 23.9 Å². The van der Waals surface area contributed by atoms with Crippen LogP contribution < -0.4 is 4.90 Å². The average Bonchev–Trinajstić information content (AvgIpc) is 3.40. The van der Waals surface area contributed by atoms with Gasteiger partial charge in [-0.2, -0.15) is 0 Å². The highest BCUT2D eigenvalue weighted by molar-refractivity contribution is 6.40. The van der Waals surface area contributed by atoms with Crippen LogP contribution in [0.2, 0.25) is 15.1 Å². The van der Waals surface area contributed by atoms with Crippen molar-refractivity contribution in [2.75, 3.05) is 4.90 Å². The fourth-order valence-electron chi connectivity index (χ4n) is 5.40. The number of benzene rings is 3. The van der Waals surface area contributed by atoms with Crippen LogP contribution in [0.4, 0.5) is 5.69 Å². The van der Waals surface area contributed by atoms with Gasteiger partial charge in [0.1, 0.15) is 0 Å². The molecule has 6 nitrogen and oxygen atoms in total. The Kier molecular flexibility index (Phi) is 4.96. The maximum absolute atomic E-state index is 13.9. The number of amides is 2. The number of Topliss-reactive ketones (excluding diaryl/α,β-unsaturated/α-hetero) is 2. The van der Waals surface area contributed by atoms with Gasteiger partial charge in [0.05, 0.1) is 28.6 Å². The fraction of sp³-hybridized carbons (Fsp3) is 0.154. The van der Waals surface area contributed by atoms with E-state index in [1.165, 1.54) is 30.3 Å². The number of halogens is 3. The molecule has 3 atom stereocenters. The Hall–Kier alpha value is -3.03. The summed E-state index contributed by atoms with van der Waals surface area (Å²) in [5.74, 6) is -5.15. The van der Waals surface area contributed by atoms with Crippen LogP contribution in [0, 0.1) is 11.8 Å². The number of anilines is 1. The number of nitrogens with zero attached hydrogens (tertiary/aromatic N) is 1. The molecule has 0 radical (unpaired) electrons. The van der Waals surface area contributed by atoms with Crippen LogP contribution in [0.1, 0.15) is 32.4 Å². The highest BCUT2D eigenvalue weighted by Gasteiger charge is 2.74. The lowest BCUT2D eigenvalue weighted by Gasteiger charge is -2.27. The summed E-state index contributed by atoms with van der Waals surface area (Å²) in [6.07, 6.45) is -1.06. The third kappa shape index (κ3) is 2.94. The Morgan fingerprint density at radius 1 is 0.743 bits per heavy atom. The van der Waals surface area contributed by atoms with E-state index in [9.17, 15) is 19.2 Å². The van der Waals surface area contributed by atoms with Gasteiger partial charge in [-0.15, -0.1) is 0 Å². The molecule has 2 heterocycles. The highest BCUT2D eigenvalue weighted by Crippen LogP contribution is 2.58. The topological polar surface area (TPSA) is 80.8 Å². The van der Waals surface area contributed by atoms with Crippen LogP contribution in [0.15, 0.2) is 66.7 Å². The zero-order valence-electron chi connectivity index (χ0n) is 17.7. The molecule has 3 aromatic rings. The number of carbonyl (C=O) groups excluding carboxylic acids is 4. The molecule has 3 aromatic carbocycles. The van der Waals surface area contributed by atoms with E-state index in [0.717, 1.165) is 4.90 Å². The lowest BCUT2D eigenvalue weighted by Crippen LogP contribution is -2.51. The number of imide groups is 1. The van der Waals surface area contributed by atoms with E-state index in [0.29, 0.717) is 15.6 Å². The average molecular weight is 527 g/mol. The van der Waals surface area contributed by atoms with Crippen molar-refractivity contribution in [2.24, 2.45) is 11.8 Å². The Labute approximate surface area is 214 Å². The van der Waals surface area contributed by atoms with Crippen molar-refractivity contribution in [3.63, 3.8) is 0 Å². The van der Waals surface area contributed by atoms with E-state index in [1.807, 2.05) is 0 Å². The number of fused-ring (bicyclic) bond motifs is 3. The molecule has 2 fully saturated rings. The van der Waals surface area contributed by atoms with Gasteiger partial charge in [0.25, 0.3) is 0 Å². The minimum atomic E-state index is -2.16. The van der Waals surface area contributed by atoms with Gasteiger partial charge in [-0.3, -0.25) is 19.2 Å². The standard InChI is InChI=1S/C26H14Cl3NO5/c27-13-5-3-4-12(10-13)21-19-20(25(34)30(24(19)33)18-9-8-14(28)11-17(18)29)26(35-21)22(31)15-6-1-2-7-16(15)23(26)32/h1-11,19-21H/t19-,20-,21+/m0/s1. The number of ketones is 2. The minimum absolute atomic E-state index is 0.0841. The Morgan fingerprint density at radius 2 is 1.40 bits per heavy atom. The third-order valence-electron chi connectivity index (χ3n) is 6.85. The summed E-state index contributed by atoms with van der Waals surface area (Å²) in [4.78, 5) is 56.1. The zero-order chi connectivity index (χ0) is 24.6. The van der Waals surface area contributed by atoms with Gasteiger partial charge in [-0.1, -0.05) is 71.2 Å². The largest absolute Gasteiger partial charge is 0.349 e. The van der Waals surface area contributed by atoms with Crippen molar-refractivity contribution in [3.8, 4) is 0 Å². The summed E-state index contributed by atoms with van der Waals surface area (Å²) >= 11 is 18.5. The minimum Gasteiger partial charge on any atom is -0.349 e. The smallest absolute Gasteiger partial charge is 0.241 e. The van der Waals surface area contributed by atoms with Crippen LogP contribution in [-0.4, -0.2) is 29.0 Å². The van der Waals surface area contributed by atoms with Crippen LogP contribution in [-0.2, 0) is 14.3 Å². The van der Waals surface area contributed by atoms with Crippen LogP contribution in [0.25, 0.3) is 0 Å². The van der Waals surface area contributed by atoms with Crippen LogP contribution in [0.5, 0.6) is 0 Å². The van der Waals surface area contributed by atoms with Crippen molar-refractivity contribution in [1.29, 1.82) is 0 Å². The highest BCUT2D eigenvalue weighted by atomic mass is 35.5. The van der Waals surface area contributed by atoms with Gasteiger partial charge in [-0.05, 0) is 35.9 Å². The molecule has 2 amide bonds. The van der Waals surface area contributed by atoms with E-state index in [1.54, 1.807) is 36.4 Å². The molecule has 1 spiro atoms. The van der Waals surface area contributed by atoms with E-state index in [4.69, 9.17) is 39.5 Å². The first-order valence-electron chi connectivity index (χ1n) is 10.7. The first-order chi connectivity index (χ1) is 16.8. The number of hydrogen-bond donors (Lipinski definition) is 0. The number of hydrogen-bond acceptors (Lipinski definition) is 5. The Morgan fingerprint density at radius 3 is 2.03 bits per heavy atom. The lowest BCUT2D eigenvalue weighted by molar-refractivity contribution is -0.127. The summed E-state index contributed by atoms with van der Waals surface area (Å²) < 4.78 is 6.22. The zero-order valence-corrected chi connectivity index (χ0v) is 20.0. The quantitative estimate of drug-likeness (QED) is 0.333. The molecule has 35 heavy (non-hydrogen) atoms. The summed E-state index contributed by atoms with van der Waals surface area (Å²) in [5, 5.41) is 0.789. The molecule has 0 aromatic heterocycles. The normalized spacial score (nSPS) is 24.4. The van der Waals surface area contributed by atoms with Crippen molar-refractivity contribution >= 4 is 63.9 Å². The molecule has 0 unspecified atom stereocenters. The molecule has 0 bridgehead atoms. The molecule has 0 N–H and O–H groups in total. The monoisotopic (exact) mass is 525 g/mol. The first-order valence-corrected chi connectivity index (χ1v) is 11.8. The van der Waals surface area contributed by atoms with Crippen LogP contribution in [0.3, 0.4) is 0 Å². The molecule has 174 valence electrons. The summed E-state index contributed by atoms with van der Waals surface area (Å²) in [7, 11) is 0. The van der Waals surface area contributed by atoms with Gasteiger partial charge in [0.2, 0.25) is 29.0 Å². The SMILES string of the molecule is O=C1[C@@H]2[C@@H](c3cccc(Cl)c3)OC3(C(=O)c4ccccc4C3=O)[C@@H]2C(=O)N1c1ccc(Cl)cc1Cl. The van der Waals surface area contributed by atoms with E-state index in [-0.39, 0.29) is 21.8 Å². The maximum Gasteiger partial charge on any atom is 0.241 e. The van der Waals surface area contributed by atoms with Gasteiger partial charge in [0.15, 0.2) is 0 Å². The summed E-state index contributed by atoms with van der Waals surface area (Å²) in [5.41, 5.74) is -1.25. The molecule has 9 heteroatoms. The second-order valence-electron chi connectivity index (χ2n) is 8.64. The van der Waals surface area contributed by atoms with Gasteiger partial charge in [-0.25, -0.2) is 4.90 Å². The molecule has 6 rings (SSSR count). The summed E-state index contributed by atoms with van der Waals surface area (Å²) in [6.45, 7) is 0. The Balaban J connectivity index is 1.56. The fourth-order valence-corrected chi connectivity index (χ4v) is 6.09. The molecular weight excluding hydrogens is 513 g/mol. The lowest BCUT2D eigenvalue weighted by atomic mass is 9.77. The van der Waals surface area contributed by atoms with E-state index >= 15 is 0 Å². The number of rotatable bonds is 2. The second kappa shape index (κ2) is 7.73. The number of carbonyl (C=O) groups is 4. The Bertz CT molecular complexity index is 1450.